The first-order valence-corrected chi connectivity index (χ1v) is 9.45. The van der Waals surface area contributed by atoms with Gasteiger partial charge in [0.2, 0.25) is 0 Å². The highest BCUT2D eigenvalue weighted by Crippen LogP contribution is 2.09. The van der Waals surface area contributed by atoms with Crippen LogP contribution in [0.15, 0.2) is 24.5 Å². The Kier molecular flexibility index (Phi) is 24.8. The number of Topliss-reactive ketones (excluding diaryl/α,β-unsaturated/α-hetero) is 5. The molecule has 0 saturated heterocycles. The van der Waals surface area contributed by atoms with Gasteiger partial charge in [0.15, 0.2) is 11.6 Å². The monoisotopic (exact) mass is 439 g/mol. The average Bonchev–Trinajstić information content (AvgIpc) is 2.52. The maximum absolute atomic E-state index is 10.9. The van der Waals surface area contributed by atoms with E-state index in [0.717, 1.165) is 6.08 Å². The zero-order valence-electron chi connectivity index (χ0n) is 19.8. The molecule has 0 heterocycles. The molecule has 0 atom stereocenters. The van der Waals surface area contributed by atoms with Gasteiger partial charge in [-0.15, -0.1) is 5.76 Å². The van der Waals surface area contributed by atoms with Crippen LogP contribution in [0.2, 0.25) is 0 Å². The molecular formula is C23H35O8-. The molecule has 0 spiro atoms. The molecule has 0 aromatic rings. The first-order valence-electron chi connectivity index (χ1n) is 9.45. The highest BCUT2D eigenvalue weighted by atomic mass is 16.3. The fourth-order valence-corrected chi connectivity index (χ4v) is 1.68. The van der Waals surface area contributed by atoms with E-state index in [-0.39, 0.29) is 52.7 Å². The molecule has 0 saturated carbocycles. The highest BCUT2D eigenvalue weighted by molar-refractivity contribution is 6.00. The number of rotatable bonds is 9. The van der Waals surface area contributed by atoms with Gasteiger partial charge >= 0.3 is 0 Å². The van der Waals surface area contributed by atoms with Crippen molar-refractivity contribution in [3.8, 4) is 0 Å². The largest absolute Gasteiger partial charge is 0.876 e. The minimum Gasteiger partial charge on any atom is -0.876 e. The van der Waals surface area contributed by atoms with Crippen molar-refractivity contribution in [2.45, 2.75) is 74.7 Å². The van der Waals surface area contributed by atoms with Crippen LogP contribution in [-0.2, 0) is 33.6 Å². The second-order valence-corrected chi connectivity index (χ2v) is 6.78. The molecule has 176 valence electrons. The summed E-state index contributed by atoms with van der Waals surface area (Å²) in [6.07, 6.45) is 3.09. The third-order valence-corrected chi connectivity index (χ3v) is 2.96. The lowest BCUT2D eigenvalue weighted by Crippen LogP contribution is -2.20. The topological polar surface area (TPSA) is 143 Å². The summed E-state index contributed by atoms with van der Waals surface area (Å²) < 4.78 is 0. The fourth-order valence-electron chi connectivity index (χ4n) is 1.68. The molecule has 0 aliphatic rings. The van der Waals surface area contributed by atoms with Gasteiger partial charge in [-0.1, -0.05) is 13.5 Å². The van der Waals surface area contributed by atoms with Crippen LogP contribution < -0.4 is 5.11 Å². The van der Waals surface area contributed by atoms with Crippen LogP contribution in [0, 0.1) is 5.92 Å². The Morgan fingerprint density at radius 1 is 0.710 bits per heavy atom. The number of hydrogen-bond acceptors (Lipinski definition) is 8. The number of carbonyl (C=O) groups excluding carboxylic acids is 7. The van der Waals surface area contributed by atoms with Gasteiger partial charge in [0.05, 0.1) is 12.3 Å². The van der Waals surface area contributed by atoms with Gasteiger partial charge in [0.1, 0.15) is 28.9 Å². The van der Waals surface area contributed by atoms with Crippen LogP contribution in [0.4, 0.5) is 0 Å². The van der Waals surface area contributed by atoms with Gasteiger partial charge in [-0.3, -0.25) is 28.8 Å². The lowest BCUT2D eigenvalue weighted by atomic mass is 9.94. The summed E-state index contributed by atoms with van der Waals surface area (Å²) in [5.74, 6) is -1.34. The molecule has 0 unspecified atom stereocenters. The van der Waals surface area contributed by atoms with Crippen molar-refractivity contribution in [3.63, 3.8) is 0 Å². The molecule has 0 aromatic heterocycles. The maximum atomic E-state index is 10.9. The fraction of sp³-hybridized carbons (Fsp3) is 0.522. The van der Waals surface area contributed by atoms with Crippen molar-refractivity contribution in [3.05, 3.63) is 24.5 Å². The SMILES string of the molecule is C=CC(C)=O.CC(=O)C=C(C)[O-].CC(=O)CC(C)=O.CC(=O)CCC(C(C)=O)C(C)=O. The number of allylic oxidation sites excluding steroid dienone is 3. The molecule has 0 aliphatic heterocycles. The number of hydrogen-bond donors (Lipinski definition) is 0. The van der Waals surface area contributed by atoms with Crippen LogP contribution in [0.25, 0.3) is 0 Å². The molecule has 8 nitrogen and oxygen atoms in total. The summed E-state index contributed by atoms with van der Waals surface area (Å²) in [7, 11) is 0. The predicted molar refractivity (Wildman–Crippen MR) is 116 cm³/mol. The van der Waals surface area contributed by atoms with E-state index >= 15 is 0 Å². The van der Waals surface area contributed by atoms with Gasteiger partial charge in [-0.05, 0) is 67.0 Å². The molecule has 0 rings (SSSR count). The lowest BCUT2D eigenvalue weighted by molar-refractivity contribution is -0.301. The van der Waals surface area contributed by atoms with Crippen molar-refractivity contribution < 1.29 is 38.7 Å². The lowest BCUT2D eigenvalue weighted by Gasteiger charge is -2.07. The molecule has 0 aliphatic carbocycles. The van der Waals surface area contributed by atoms with Crippen molar-refractivity contribution >= 4 is 40.5 Å². The first kappa shape index (κ1) is 35.4. The van der Waals surface area contributed by atoms with E-state index in [2.05, 4.69) is 6.58 Å². The molecule has 0 N–H and O–H groups in total. The van der Waals surface area contributed by atoms with Crippen LogP contribution in [0.3, 0.4) is 0 Å². The third kappa shape index (κ3) is 42.2. The van der Waals surface area contributed by atoms with Gasteiger partial charge < -0.3 is 9.90 Å². The highest BCUT2D eigenvalue weighted by Gasteiger charge is 2.19. The van der Waals surface area contributed by atoms with Crippen molar-refractivity contribution in [2.75, 3.05) is 0 Å². The molecule has 0 fully saturated rings. The third-order valence-electron chi connectivity index (χ3n) is 2.96. The minimum atomic E-state index is -0.575. The predicted octanol–water partition coefficient (Wildman–Crippen LogP) is 2.31. The van der Waals surface area contributed by atoms with E-state index < -0.39 is 5.92 Å². The van der Waals surface area contributed by atoms with Crippen LogP contribution >= 0.6 is 0 Å². The van der Waals surface area contributed by atoms with Crippen LogP contribution in [-0.4, -0.2) is 40.5 Å². The van der Waals surface area contributed by atoms with E-state index in [1.807, 2.05) is 0 Å². The zero-order valence-corrected chi connectivity index (χ0v) is 19.8. The Bertz CT molecular complexity index is 654. The molecule has 31 heavy (non-hydrogen) atoms. The van der Waals surface area contributed by atoms with Gasteiger partial charge in [0, 0.05) is 6.42 Å². The zero-order chi connectivity index (χ0) is 25.7. The Labute approximate surface area is 184 Å². The summed E-state index contributed by atoms with van der Waals surface area (Å²) in [6, 6.07) is 0. The second-order valence-electron chi connectivity index (χ2n) is 6.78. The minimum absolute atomic E-state index is 0.0162. The Balaban J connectivity index is -0.000000166. The van der Waals surface area contributed by atoms with Gasteiger partial charge in [-0.25, -0.2) is 0 Å². The number of ketones is 7. The summed E-state index contributed by atoms with van der Waals surface area (Å²) in [4.78, 5) is 72.0. The molecule has 0 amide bonds. The van der Waals surface area contributed by atoms with E-state index in [1.54, 1.807) is 0 Å². The molecule has 0 aromatic carbocycles. The quantitative estimate of drug-likeness (QED) is 0.302. The van der Waals surface area contributed by atoms with E-state index in [0.29, 0.717) is 12.8 Å². The van der Waals surface area contributed by atoms with Crippen molar-refractivity contribution in [2.24, 2.45) is 5.92 Å². The van der Waals surface area contributed by atoms with E-state index in [1.165, 1.54) is 61.5 Å². The van der Waals surface area contributed by atoms with Crippen molar-refractivity contribution in [1.29, 1.82) is 0 Å². The summed E-state index contributed by atoms with van der Waals surface area (Å²) in [5.41, 5.74) is 0. The Morgan fingerprint density at radius 2 is 1.06 bits per heavy atom. The van der Waals surface area contributed by atoms with Crippen LogP contribution in [0.5, 0.6) is 0 Å². The molecule has 0 radical (unpaired) electrons. The molecule has 0 bridgehead atoms. The van der Waals surface area contributed by atoms with Crippen LogP contribution in [0.1, 0.15) is 74.7 Å². The maximum Gasteiger partial charge on any atom is 0.152 e. The molecular weight excluding hydrogens is 404 g/mol. The van der Waals surface area contributed by atoms with Crippen molar-refractivity contribution in [1.82, 2.24) is 0 Å². The van der Waals surface area contributed by atoms with E-state index in [4.69, 9.17) is 0 Å². The first-order chi connectivity index (χ1) is 14.0. The smallest absolute Gasteiger partial charge is 0.152 e. The van der Waals surface area contributed by atoms with E-state index in [9.17, 15) is 38.7 Å². The Morgan fingerprint density at radius 3 is 1.16 bits per heavy atom. The average molecular weight is 440 g/mol. The summed E-state index contributed by atoms with van der Waals surface area (Å²) >= 11 is 0. The van der Waals surface area contributed by atoms with Gasteiger partial charge in [0.25, 0.3) is 0 Å². The standard InChI is InChI=1S/C9H14O3.2C5H8O2.C4H6O/c1-6(10)4-5-9(7(2)11)8(3)12;2*1-4(6)3-5(2)7;1-3-4(2)5/h9H,4-5H2,1-3H3;3H2,1-2H3;3,6H,1-2H3;3H,1H2,2H3/p-1. The van der Waals surface area contributed by atoms with Gasteiger partial charge in [-0.2, -0.15) is 0 Å². The number of carbonyl (C=O) groups is 7. The molecule has 8 heteroatoms. The normalized spacial score (nSPS) is 9.39. The summed E-state index contributed by atoms with van der Waals surface area (Å²) in [6.45, 7) is 14.4. The Hall–Kier alpha value is -3.03. The second kappa shape index (κ2) is 21.7. The summed E-state index contributed by atoms with van der Waals surface area (Å²) in [5, 5.41) is 9.98.